The number of rotatable bonds is 7. The van der Waals surface area contributed by atoms with E-state index in [0.29, 0.717) is 16.8 Å². The first-order chi connectivity index (χ1) is 15.9. The van der Waals surface area contributed by atoms with E-state index in [1.54, 1.807) is 6.07 Å². The van der Waals surface area contributed by atoms with E-state index in [9.17, 15) is 24.5 Å². The van der Waals surface area contributed by atoms with Crippen molar-refractivity contribution in [3.63, 3.8) is 0 Å². The number of non-ortho nitro benzene ring substituents is 1. The quantitative estimate of drug-likeness (QED) is 0.283. The topological polar surface area (TPSA) is 128 Å². The van der Waals surface area contributed by atoms with E-state index in [0.717, 1.165) is 32.1 Å². The summed E-state index contributed by atoms with van der Waals surface area (Å²) in [6, 6.07) is 11.9. The minimum absolute atomic E-state index is 0.0249. The smallest absolute Gasteiger partial charge is 0.337 e. The van der Waals surface area contributed by atoms with E-state index in [-0.39, 0.29) is 23.2 Å². The maximum Gasteiger partial charge on any atom is 0.337 e. The van der Waals surface area contributed by atoms with Gasteiger partial charge in [-0.1, -0.05) is 31.4 Å². The Balaban J connectivity index is 1.84. The molecule has 9 nitrogen and oxygen atoms in total. The molecule has 0 spiro atoms. The molecule has 0 unspecified atom stereocenters. The molecule has 0 aliphatic heterocycles. The fraction of sp³-hybridized carbons (Fsp3) is 0.292. The van der Waals surface area contributed by atoms with Gasteiger partial charge in [0, 0.05) is 23.7 Å². The van der Waals surface area contributed by atoms with Crippen molar-refractivity contribution in [2.24, 2.45) is 5.92 Å². The summed E-state index contributed by atoms with van der Waals surface area (Å²) in [5.41, 5.74) is 0.987. The number of nitrogens with zero attached hydrogens (tertiary/aromatic N) is 1. The lowest BCUT2D eigenvalue weighted by atomic mass is 9.88. The van der Waals surface area contributed by atoms with Crippen molar-refractivity contribution < 1.29 is 24.0 Å². The Morgan fingerprint density at radius 1 is 1.06 bits per heavy atom. The van der Waals surface area contributed by atoms with Crippen molar-refractivity contribution in [1.82, 2.24) is 5.32 Å². The molecule has 0 heterocycles. The lowest BCUT2D eigenvalue weighted by Crippen LogP contribution is -2.35. The molecule has 33 heavy (non-hydrogen) atoms. The number of ether oxygens (including phenoxy) is 1. The Morgan fingerprint density at radius 3 is 2.39 bits per heavy atom. The maximum absolute atomic E-state index is 13.0. The number of benzene rings is 2. The Kier molecular flexibility index (Phi) is 7.91. The maximum atomic E-state index is 13.0. The summed E-state index contributed by atoms with van der Waals surface area (Å²) < 4.78 is 4.66. The Bertz CT molecular complexity index is 1070. The van der Waals surface area contributed by atoms with Crippen LogP contribution in [0.25, 0.3) is 6.08 Å². The van der Waals surface area contributed by atoms with E-state index in [1.165, 1.54) is 55.7 Å². The fourth-order valence-corrected chi connectivity index (χ4v) is 3.66. The van der Waals surface area contributed by atoms with Crippen LogP contribution >= 0.6 is 0 Å². The molecule has 0 atom stereocenters. The predicted molar refractivity (Wildman–Crippen MR) is 122 cm³/mol. The highest BCUT2D eigenvalue weighted by Crippen LogP contribution is 2.24. The van der Waals surface area contributed by atoms with Gasteiger partial charge in [-0.15, -0.1) is 0 Å². The number of methoxy groups -OCH3 is 1. The Labute approximate surface area is 191 Å². The summed E-state index contributed by atoms with van der Waals surface area (Å²) in [5.74, 6) is -1.52. The summed E-state index contributed by atoms with van der Waals surface area (Å²) in [6.07, 6.45) is 5.93. The number of hydrogen-bond donors (Lipinski definition) is 2. The minimum atomic E-state index is -0.587. The van der Waals surface area contributed by atoms with Crippen LogP contribution in [0.3, 0.4) is 0 Å². The highest BCUT2D eigenvalue weighted by atomic mass is 16.6. The second-order valence-corrected chi connectivity index (χ2v) is 7.76. The second-order valence-electron chi connectivity index (χ2n) is 7.76. The number of nitro groups is 1. The normalized spacial score (nSPS) is 14.3. The van der Waals surface area contributed by atoms with Gasteiger partial charge in [-0.25, -0.2) is 4.79 Å². The highest BCUT2D eigenvalue weighted by molar-refractivity contribution is 6.09. The van der Waals surface area contributed by atoms with Crippen molar-refractivity contribution in [2.45, 2.75) is 32.1 Å². The molecule has 3 rings (SSSR count). The first kappa shape index (κ1) is 23.6. The first-order valence-corrected chi connectivity index (χ1v) is 10.6. The summed E-state index contributed by atoms with van der Waals surface area (Å²) in [5, 5.41) is 16.5. The van der Waals surface area contributed by atoms with Crippen LogP contribution < -0.4 is 10.6 Å². The minimum Gasteiger partial charge on any atom is -0.465 e. The third kappa shape index (κ3) is 6.49. The molecular formula is C24H25N3O6. The summed E-state index contributed by atoms with van der Waals surface area (Å²) in [4.78, 5) is 48.0. The number of anilines is 1. The third-order valence-corrected chi connectivity index (χ3v) is 5.43. The van der Waals surface area contributed by atoms with Gasteiger partial charge >= 0.3 is 5.97 Å². The van der Waals surface area contributed by atoms with E-state index in [4.69, 9.17) is 0 Å². The van der Waals surface area contributed by atoms with E-state index in [2.05, 4.69) is 15.4 Å². The van der Waals surface area contributed by atoms with Crippen LogP contribution in [-0.4, -0.2) is 29.8 Å². The van der Waals surface area contributed by atoms with Gasteiger partial charge in [-0.05, 0) is 48.7 Å². The van der Waals surface area contributed by atoms with Crippen LogP contribution in [0.2, 0.25) is 0 Å². The number of nitro benzene ring substituents is 1. The van der Waals surface area contributed by atoms with Gasteiger partial charge in [0.25, 0.3) is 11.6 Å². The zero-order valence-electron chi connectivity index (χ0n) is 18.2. The molecule has 1 saturated carbocycles. The predicted octanol–water partition coefficient (Wildman–Crippen LogP) is 4.06. The largest absolute Gasteiger partial charge is 0.465 e. The van der Waals surface area contributed by atoms with Crippen LogP contribution in [0.5, 0.6) is 0 Å². The number of carbonyl (C=O) groups is 3. The number of amides is 2. The van der Waals surface area contributed by atoms with Gasteiger partial charge in [0.1, 0.15) is 5.70 Å². The monoisotopic (exact) mass is 451 g/mol. The molecule has 0 saturated heterocycles. The van der Waals surface area contributed by atoms with Gasteiger partial charge in [0.15, 0.2) is 0 Å². The Morgan fingerprint density at radius 2 is 1.76 bits per heavy atom. The van der Waals surface area contributed by atoms with Crippen LogP contribution in [0.4, 0.5) is 11.4 Å². The average Bonchev–Trinajstić information content (AvgIpc) is 2.84. The fourth-order valence-electron chi connectivity index (χ4n) is 3.66. The van der Waals surface area contributed by atoms with Crippen LogP contribution in [-0.2, 0) is 14.3 Å². The van der Waals surface area contributed by atoms with Crippen molar-refractivity contribution in [3.8, 4) is 0 Å². The molecule has 1 aliphatic carbocycles. The van der Waals surface area contributed by atoms with Gasteiger partial charge in [-0.3, -0.25) is 19.7 Å². The molecule has 0 bridgehead atoms. The van der Waals surface area contributed by atoms with Crippen molar-refractivity contribution in [2.75, 3.05) is 12.4 Å². The Hall–Kier alpha value is -4.01. The molecule has 2 N–H and O–H groups in total. The van der Waals surface area contributed by atoms with E-state index in [1.807, 2.05) is 0 Å². The molecular weight excluding hydrogens is 426 g/mol. The molecule has 2 aromatic carbocycles. The van der Waals surface area contributed by atoms with Crippen molar-refractivity contribution >= 4 is 35.2 Å². The van der Waals surface area contributed by atoms with Gasteiger partial charge < -0.3 is 15.4 Å². The van der Waals surface area contributed by atoms with Crippen LogP contribution in [0.1, 0.15) is 48.0 Å². The lowest BCUT2D eigenvalue weighted by molar-refractivity contribution is -0.384. The van der Waals surface area contributed by atoms with Crippen LogP contribution in [0.15, 0.2) is 54.2 Å². The molecule has 1 aliphatic rings. The van der Waals surface area contributed by atoms with Gasteiger partial charge in [-0.2, -0.15) is 0 Å². The zero-order valence-corrected chi connectivity index (χ0v) is 18.2. The van der Waals surface area contributed by atoms with Crippen molar-refractivity contribution in [1.29, 1.82) is 0 Å². The summed E-state index contributed by atoms with van der Waals surface area (Å²) in [6.45, 7) is 0. The second kappa shape index (κ2) is 11.0. The highest BCUT2D eigenvalue weighted by Gasteiger charge is 2.24. The molecule has 9 heteroatoms. The van der Waals surface area contributed by atoms with E-state index < -0.39 is 16.8 Å². The summed E-state index contributed by atoms with van der Waals surface area (Å²) >= 11 is 0. The molecule has 1 fully saturated rings. The van der Waals surface area contributed by atoms with E-state index >= 15 is 0 Å². The zero-order chi connectivity index (χ0) is 23.8. The SMILES string of the molecule is COC(=O)c1ccc(NC(=O)/C(=C/c2cccc([N+](=O)[O-])c2)NC(=O)C2CCCCC2)cc1. The molecule has 2 aromatic rings. The first-order valence-electron chi connectivity index (χ1n) is 10.6. The average molecular weight is 451 g/mol. The van der Waals surface area contributed by atoms with Crippen LogP contribution in [0, 0.1) is 16.0 Å². The lowest BCUT2D eigenvalue weighted by Gasteiger charge is -2.21. The third-order valence-electron chi connectivity index (χ3n) is 5.43. The summed E-state index contributed by atoms with van der Waals surface area (Å²) in [7, 11) is 1.28. The molecule has 2 amide bonds. The van der Waals surface area contributed by atoms with Gasteiger partial charge in [0.05, 0.1) is 17.6 Å². The molecule has 172 valence electrons. The standard InChI is InChI=1S/C24H25N3O6/c1-33-24(30)18-10-12-19(13-11-18)25-23(29)21(26-22(28)17-7-3-2-4-8-17)15-16-6-5-9-20(14-16)27(31)32/h5-6,9-15,17H,2-4,7-8H2,1H3,(H,25,29)(H,26,28)/b21-15-. The van der Waals surface area contributed by atoms with Gasteiger partial charge in [0.2, 0.25) is 5.91 Å². The molecule has 0 aromatic heterocycles. The van der Waals surface area contributed by atoms with Crippen molar-refractivity contribution in [3.05, 3.63) is 75.5 Å². The molecule has 0 radical (unpaired) electrons. The number of nitrogens with one attached hydrogen (secondary N) is 2. The number of carbonyl (C=O) groups excluding carboxylic acids is 3. The number of hydrogen-bond acceptors (Lipinski definition) is 6. The number of esters is 1.